The van der Waals surface area contributed by atoms with Gasteiger partial charge in [0.05, 0.1) is 0 Å². The molecular formula is C12H32O8Si4. The van der Waals surface area contributed by atoms with E-state index in [0.717, 1.165) is 0 Å². The van der Waals surface area contributed by atoms with Crippen LogP contribution in [0.4, 0.5) is 0 Å². The van der Waals surface area contributed by atoms with Gasteiger partial charge in [0, 0.05) is 26.4 Å². The van der Waals surface area contributed by atoms with Crippen molar-refractivity contribution in [2.75, 3.05) is 26.4 Å². The summed E-state index contributed by atoms with van der Waals surface area (Å²) in [6.45, 7) is 16.7. The van der Waals surface area contributed by atoms with Gasteiger partial charge in [-0.1, -0.05) is 0 Å². The lowest BCUT2D eigenvalue weighted by Gasteiger charge is -2.45. The Morgan fingerprint density at radius 1 is 0.500 bits per heavy atom. The second-order valence-electron chi connectivity index (χ2n) is 5.94. The van der Waals surface area contributed by atoms with Crippen LogP contribution in [0, 0.1) is 0 Å². The van der Waals surface area contributed by atoms with Crippen LogP contribution in [0.3, 0.4) is 0 Å². The first-order valence-corrected chi connectivity index (χ1v) is 17.3. The van der Waals surface area contributed by atoms with Crippen LogP contribution in [-0.4, -0.2) is 61.6 Å². The predicted molar refractivity (Wildman–Crippen MR) is 97.3 cm³/mol. The van der Waals surface area contributed by atoms with Crippen LogP contribution in [-0.2, 0) is 34.2 Å². The Morgan fingerprint density at radius 3 is 1.04 bits per heavy atom. The Balaban J connectivity index is 3.32. The zero-order valence-electron chi connectivity index (χ0n) is 16.1. The fraction of sp³-hybridized carbons (Fsp3) is 1.00. The Morgan fingerprint density at radius 2 is 0.792 bits per heavy atom. The molecule has 0 N–H and O–H groups in total. The second kappa shape index (κ2) is 8.96. The van der Waals surface area contributed by atoms with Crippen molar-refractivity contribution in [2.45, 2.75) is 53.9 Å². The molecule has 0 unspecified atom stereocenters. The van der Waals surface area contributed by atoms with Gasteiger partial charge in [-0.25, -0.2) is 0 Å². The summed E-state index contributed by atoms with van der Waals surface area (Å²) in [5.41, 5.74) is 0. The lowest BCUT2D eigenvalue weighted by molar-refractivity contribution is -0.0394. The molecule has 0 atom stereocenters. The molecule has 1 heterocycles. The maximum atomic E-state index is 6.26. The van der Waals surface area contributed by atoms with Gasteiger partial charge >= 0.3 is 35.2 Å². The predicted octanol–water partition coefficient (Wildman–Crippen LogP) is 2.49. The van der Waals surface area contributed by atoms with E-state index in [9.17, 15) is 0 Å². The SMILES string of the molecule is CCO[Si]1(OCC)O[Si](C)(C)O[Si](C)(C)O[Si](OCC)(OCC)O1. The molecule has 0 aromatic heterocycles. The zero-order chi connectivity index (χ0) is 18.5. The lowest BCUT2D eigenvalue weighted by atomic mass is 10.9. The van der Waals surface area contributed by atoms with Crippen LogP contribution in [0.25, 0.3) is 0 Å². The van der Waals surface area contributed by atoms with Crippen molar-refractivity contribution in [1.82, 2.24) is 0 Å². The Labute approximate surface area is 150 Å². The van der Waals surface area contributed by atoms with Gasteiger partial charge in [-0.2, -0.15) is 0 Å². The van der Waals surface area contributed by atoms with Crippen molar-refractivity contribution in [2.24, 2.45) is 0 Å². The highest BCUT2D eigenvalue weighted by Crippen LogP contribution is 2.32. The second-order valence-corrected chi connectivity index (χ2v) is 18.0. The normalized spacial score (nSPS) is 25.0. The van der Waals surface area contributed by atoms with Crippen molar-refractivity contribution in [3.63, 3.8) is 0 Å². The molecule has 24 heavy (non-hydrogen) atoms. The van der Waals surface area contributed by atoms with Gasteiger partial charge in [-0.3, -0.25) is 0 Å². The fourth-order valence-electron chi connectivity index (χ4n) is 2.46. The highest BCUT2D eigenvalue weighted by Gasteiger charge is 2.65. The summed E-state index contributed by atoms with van der Waals surface area (Å²) in [4.78, 5) is 0. The average molecular weight is 417 g/mol. The van der Waals surface area contributed by atoms with Crippen LogP contribution >= 0.6 is 0 Å². The molecule has 1 rings (SSSR count). The van der Waals surface area contributed by atoms with Crippen LogP contribution in [0.5, 0.6) is 0 Å². The third kappa shape index (κ3) is 6.37. The van der Waals surface area contributed by atoms with Gasteiger partial charge in [0.25, 0.3) is 0 Å². The van der Waals surface area contributed by atoms with Gasteiger partial charge in [0.2, 0.25) is 0 Å². The first-order valence-electron chi connectivity index (χ1n) is 8.43. The lowest BCUT2D eigenvalue weighted by Crippen LogP contribution is -2.71. The van der Waals surface area contributed by atoms with Crippen LogP contribution in [0.2, 0.25) is 26.2 Å². The van der Waals surface area contributed by atoms with Crippen molar-refractivity contribution >= 4 is 35.2 Å². The molecule has 1 aliphatic heterocycles. The smallest absolute Gasteiger partial charge is 0.416 e. The number of hydrogen-bond acceptors (Lipinski definition) is 8. The summed E-state index contributed by atoms with van der Waals surface area (Å²) in [5.74, 6) is 0. The molecule has 0 bridgehead atoms. The Bertz CT molecular complexity index is 349. The third-order valence-corrected chi connectivity index (χ3v) is 17.2. The molecule has 0 saturated carbocycles. The fourth-order valence-corrected chi connectivity index (χ4v) is 18.9. The average Bonchev–Trinajstić information content (AvgIpc) is 2.35. The first kappa shape index (κ1) is 22.6. The van der Waals surface area contributed by atoms with E-state index in [-0.39, 0.29) is 0 Å². The molecule has 0 amide bonds. The van der Waals surface area contributed by atoms with E-state index in [1.165, 1.54) is 0 Å². The zero-order valence-corrected chi connectivity index (χ0v) is 20.1. The molecule has 1 saturated heterocycles. The molecule has 0 aromatic carbocycles. The molecular weight excluding hydrogens is 384 g/mol. The number of hydrogen-bond donors (Lipinski definition) is 0. The van der Waals surface area contributed by atoms with Crippen LogP contribution in [0.1, 0.15) is 27.7 Å². The monoisotopic (exact) mass is 416 g/mol. The molecule has 0 radical (unpaired) electrons. The minimum Gasteiger partial charge on any atom is -0.416 e. The van der Waals surface area contributed by atoms with E-state index in [4.69, 9.17) is 34.2 Å². The molecule has 1 aliphatic rings. The molecule has 0 aliphatic carbocycles. The molecule has 0 aromatic rings. The highest BCUT2D eigenvalue weighted by molar-refractivity contribution is 6.88. The summed E-state index contributed by atoms with van der Waals surface area (Å²) in [7, 11) is -12.2. The summed E-state index contributed by atoms with van der Waals surface area (Å²) in [6, 6.07) is 0. The number of rotatable bonds is 8. The minimum absolute atomic E-state index is 0.375. The molecule has 0 spiro atoms. The van der Waals surface area contributed by atoms with E-state index in [0.29, 0.717) is 26.4 Å². The van der Waals surface area contributed by atoms with Gasteiger partial charge in [0.1, 0.15) is 0 Å². The van der Waals surface area contributed by atoms with Gasteiger partial charge < -0.3 is 34.2 Å². The van der Waals surface area contributed by atoms with Gasteiger partial charge in [-0.05, 0) is 53.9 Å². The Hall–Kier alpha value is 0.548. The minimum atomic E-state index is -3.53. The molecule has 12 heteroatoms. The Kier molecular flexibility index (Phi) is 8.44. The van der Waals surface area contributed by atoms with Gasteiger partial charge in [0.15, 0.2) is 0 Å². The summed E-state index contributed by atoms with van der Waals surface area (Å²) < 4.78 is 48.3. The van der Waals surface area contributed by atoms with E-state index >= 15 is 0 Å². The van der Waals surface area contributed by atoms with Crippen molar-refractivity contribution < 1.29 is 34.2 Å². The summed E-state index contributed by atoms with van der Waals surface area (Å²) >= 11 is 0. The van der Waals surface area contributed by atoms with Crippen LogP contribution in [0.15, 0.2) is 0 Å². The standard InChI is InChI=1S/C12H32O8Si4/c1-9-13-23(14-10-2)18-21(5,6)17-22(7,8)19-24(20-23,15-11-3)16-12-4/h9-12H2,1-8H3. The summed E-state index contributed by atoms with van der Waals surface area (Å²) in [6.07, 6.45) is 0. The molecule has 144 valence electrons. The van der Waals surface area contributed by atoms with Gasteiger partial charge in [-0.15, -0.1) is 0 Å². The van der Waals surface area contributed by atoms with Crippen molar-refractivity contribution in [3.8, 4) is 0 Å². The highest BCUT2D eigenvalue weighted by atomic mass is 28.6. The molecule has 1 fully saturated rings. The van der Waals surface area contributed by atoms with E-state index in [1.807, 2.05) is 53.9 Å². The first-order chi connectivity index (χ1) is 11.1. The quantitative estimate of drug-likeness (QED) is 0.559. The van der Waals surface area contributed by atoms with Crippen molar-refractivity contribution in [1.29, 1.82) is 0 Å². The molecule has 8 nitrogen and oxygen atoms in total. The third-order valence-electron chi connectivity index (χ3n) is 2.77. The van der Waals surface area contributed by atoms with E-state index < -0.39 is 35.2 Å². The maximum absolute atomic E-state index is 6.26. The topological polar surface area (TPSA) is 73.8 Å². The van der Waals surface area contributed by atoms with E-state index in [1.54, 1.807) is 0 Å². The maximum Gasteiger partial charge on any atom is 0.664 e. The largest absolute Gasteiger partial charge is 0.664 e. The van der Waals surface area contributed by atoms with E-state index in [2.05, 4.69) is 0 Å². The summed E-state index contributed by atoms with van der Waals surface area (Å²) in [5, 5.41) is 0. The van der Waals surface area contributed by atoms with Crippen molar-refractivity contribution in [3.05, 3.63) is 0 Å². The van der Waals surface area contributed by atoms with Crippen LogP contribution < -0.4 is 0 Å².